The number of aliphatic hydroxyl groups excluding tert-OH is 1. The van der Waals surface area contributed by atoms with Gasteiger partial charge in [-0.15, -0.1) is 0 Å². The summed E-state index contributed by atoms with van der Waals surface area (Å²) >= 11 is 0. The van der Waals surface area contributed by atoms with Gasteiger partial charge >= 0.3 is 0 Å². The first-order valence-electron chi connectivity index (χ1n) is 10.1. The van der Waals surface area contributed by atoms with E-state index in [2.05, 4.69) is 6.92 Å². The second kappa shape index (κ2) is 14.5. The second-order valence-corrected chi connectivity index (χ2v) is 7.15. The van der Waals surface area contributed by atoms with Gasteiger partial charge in [0.25, 0.3) is 0 Å². The van der Waals surface area contributed by atoms with Crippen molar-refractivity contribution in [2.75, 3.05) is 6.61 Å². The molecular formula is C20H40O2. The van der Waals surface area contributed by atoms with Crippen molar-refractivity contribution >= 4 is 0 Å². The molecule has 0 aromatic rings. The van der Waals surface area contributed by atoms with Gasteiger partial charge in [-0.25, -0.2) is 0 Å². The molecule has 1 saturated heterocycles. The first-order valence-corrected chi connectivity index (χ1v) is 10.1. The molecule has 0 radical (unpaired) electrons. The van der Waals surface area contributed by atoms with Gasteiger partial charge < -0.3 is 9.84 Å². The number of aliphatic hydroxyl groups is 1. The van der Waals surface area contributed by atoms with Crippen molar-refractivity contribution in [1.29, 1.82) is 0 Å². The van der Waals surface area contributed by atoms with Gasteiger partial charge in [-0.1, -0.05) is 84.0 Å². The van der Waals surface area contributed by atoms with Crippen molar-refractivity contribution in [1.82, 2.24) is 0 Å². The van der Waals surface area contributed by atoms with Gasteiger partial charge in [-0.2, -0.15) is 0 Å². The first-order chi connectivity index (χ1) is 10.8. The molecule has 0 aromatic carbocycles. The normalized spacial score (nSPS) is 20.2. The maximum absolute atomic E-state index is 10.1. The highest BCUT2D eigenvalue weighted by Crippen LogP contribution is 2.20. The number of unbranched alkanes of at least 4 members (excludes halogenated alkanes) is 11. The predicted octanol–water partition coefficient (Wildman–Crippen LogP) is 6.01. The molecule has 0 amide bonds. The van der Waals surface area contributed by atoms with E-state index < -0.39 is 0 Å². The number of hydrogen-bond acceptors (Lipinski definition) is 2. The fourth-order valence-electron chi connectivity index (χ4n) is 3.45. The number of rotatable bonds is 14. The SMILES string of the molecule is CCCCCCCCCCCCCCC(O)C1CCCCO1. The molecule has 1 heterocycles. The van der Waals surface area contributed by atoms with Crippen LogP contribution in [0, 0.1) is 0 Å². The van der Waals surface area contributed by atoms with E-state index in [1.165, 1.54) is 83.5 Å². The van der Waals surface area contributed by atoms with E-state index in [1.807, 2.05) is 0 Å². The van der Waals surface area contributed by atoms with Gasteiger partial charge in [0, 0.05) is 6.61 Å². The summed E-state index contributed by atoms with van der Waals surface area (Å²) in [6, 6.07) is 0. The van der Waals surface area contributed by atoms with Crippen LogP contribution >= 0.6 is 0 Å². The third-order valence-corrected chi connectivity index (χ3v) is 5.00. The van der Waals surface area contributed by atoms with Gasteiger partial charge in [-0.3, -0.25) is 0 Å². The molecule has 1 N–H and O–H groups in total. The Bertz CT molecular complexity index is 224. The molecule has 0 bridgehead atoms. The van der Waals surface area contributed by atoms with E-state index in [4.69, 9.17) is 4.74 Å². The fraction of sp³-hybridized carbons (Fsp3) is 1.00. The molecule has 1 fully saturated rings. The Morgan fingerprint density at radius 1 is 0.818 bits per heavy atom. The Balaban J connectivity index is 1.77. The Kier molecular flexibility index (Phi) is 13.2. The van der Waals surface area contributed by atoms with Crippen LogP contribution in [0.2, 0.25) is 0 Å². The molecule has 132 valence electrons. The maximum atomic E-state index is 10.1. The van der Waals surface area contributed by atoms with Crippen molar-refractivity contribution in [2.45, 2.75) is 122 Å². The molecule has 0 aromatic heterocycles. The monoisotopic (exact) mass is 312 g/mol. The standard InChI is InChI=1S/C20H40O2/c1-2-3-4-5-6-7-8-9-10-11-12-13-16-19(21)20-17-14-15-18-22-20/h19-21H,2-18H2,1H3. The lowest BCUT2D eigenvalue weighted by molar-refractivity contribution is -0.0648. The summed E-state index contributed by atoms with van der Waals surface area (Å²) in [6.45, 7) is 3.13. The lowest BCUT2D eigenvalue weighted by Crippen LogP contribution is -2.32. The van der Waals surface area contributed by atoms with Crippen LogP contribution < -0.4 is 0 Å². The molecule has 2 nitrogen and oxygen atoms in total. The van der Waals surface area contributed by atoms with Crippen LogP contribution in [0.25, 0.3) is 0 Å². The number of hydrogen-bond donors (Lipinski definition) is 1. The zero-order valence-electron chi connectivity index (χ0n) is 15.0. The van der Waals surface area contributed by atoms with E-state index in [1.54, 1.807) is 0 Å². The molecule has 0 aliphatic carbocycles. The molecule has 0 saturated carbocycles. The Hall–Kier alpha value is -0.0800. The molecule has 1 rings (SSSR count). The van der Waals surface area contributed by atoms with Crippen LogP contribution in [-0.2, 0) is 4.74 Å². The van der Waals surface area contributed by atoms with Gasteiger partial charge in [0.15, 0.2) is 0 Å². The quantitative estimate of drug-likeness (QED) is 0.398. The van der Waals surface area contributed by atoms with Crippen molar-refractivity contribution in [3.8, 4) is 0 Å². The Labute approximate surface area is 139 Å². The molecule has 2 unspecified atom stereocenters. The number of ether oxygens (including phenoxy) is 1. The Morgan fingerprint density at radius 3 is 1.86 bits per heavy atom. The van der Waals surface area contributed by atoms with Crippen molar-refractivity contribution < 1.29 is 9.84 Å². The molecule has 1 aliphatic rings. The van der Waals surface area contributed by atoms with E-state index in [0.29, 0.717) is 0 Å². The average Bonchev–Trinajstić information content (AvgIpc) is 2.56. The van der Waals surface area contributed by atoms with Crippen LogP contribution in [0.3, 0.4) is 0 Å². The highest BCUT2D eigenvalue weighted by molar-refractivity contribution is 4.72. The van der Waals surface area contributed by atoms with Gasteiger partial charge in [-0.05, 0) is 25.7 Å². The summed E-state index contributed by atoms with van der Waals surface area (Å²) < 4.78 is 5.65. The Morgan fingerprint density at radius 2 is 1.36 bits per heavy atom. The lowest BCUT2D eigenvalue weighted by atomic mass is 9.99. The lowest BCUT2D eigenvalue weighted by Gasteiger charge is -2.27. The van der Waals surface area contributed by atoms with Gasteiger partial charge in [0.1, 0.15) is 0 Å². The summed E-state index contributed by atoms with van der Waals surface area (Å²) in [5.41, 5.74) is 0. The fourth-order valence-corrected chi connectivity index (χ4v) is 3.45. The van der Waals surface area contributed by atoms with E-state index in [9.17, 15) is 5.11 Å². The second-order valence-electron chi connectivity index (χ2n) is 7.15. The third-order valence-electron chi connectivity index (χ3n) is 5.00. The summed E-state index contributed by atoms with van der Waals surface area (Å²) in [5.74, 6) is 0. The zero-order chi connectivity index (χ0) is 15.9. The van der Waals surface area contributed by atoms with E-state index >= 15 is 0 Å². The summed E-state index contributed by atoms with van der Waals surface area (Å²) in [5, 5.41) is 10.1. The molecule has 1 aliphatic heterocycles. The topological polar surface area (TPSA) is 29.5 Å². The van der Waals surface area contributed by atoms with Crippen LogP contribution in [0.5, 0.6) is 0 Å². The van der Waals surface area contributed by atoms with Gasteiger partial charge in [0.05, 0.1) is 12.2 Å². The van der Waals surface area contributed by atoms with Crippen molar-refractivity contribution in [3.05, 3.63) is 0 Å². The molecule has 2 atom stereocenters. The van der Waals surface area contributed by atoms with Gasteiger partial charge in [0.2, 0.25) is 0 Å². The first kappa shape index (κ1) is 20.0. The minimum atomic E-state index is -0.219. The molecule has 22 heavy (non-hydrogen) atoms. The third kappa shape index (κ3) is 10.6. The van der Waals surface area contributed by atoms with Crippen LogP contribution in [0.15, 0.2) is 0 Å². The van der Waals surface area contributed by atoms with E-state index in [0.717, 1.165) is 25.9 Å². The zero-order valence-corrected chi connectivity index (χ0v) is 15.0. The van der Waals surface area contributed by atoms with Crippen LogP contribution in [0.4, 0.5) is 0 Å². The highest BCUT2D eigenvalue weighted by Gasteiger charge is 2.21. The van der Waals surface area contributed by atoms with Crippen LogP contribution in [0.1, 0.15) is 110 Å². The highest BCUT2D eigenvalue weighted by atomic mass is 16.5. The largest absolute Gasteiger partial charge is 0.390 e. The molecule has 2 heteroatoms. The smallest absolute Gasteiger partial charge is 0.0833 e. The van der Waals surface area contributed by atoms with Crippen molar-refractivity contribution in [3.63, 3.8) is 0 Å². The minimum absolute atomic E-state index is 0.126. The summed E-state index contributed by atoms with van der Waals surface area (Å²) in [7, 11) is 0. The summed E-state index contributed by atoms with van der Waals surface area (Å²) in [6.07, 6.45) is 20.8. The van der Waals surface area contributed by atoms with Crippen molar-refractivity contribution in [2.24, 2.45) is 0 Å². The van der Waals surface area contributed by atoms with Crippen LogP contribution in [-0.4, -0.2) is 23.9 Å². The maximum Gasteiger partial charge on any atom is 0.0833 e. The average molecular weight is 313 g/mol. The molecular weight excluding hydrogens is 272 g/mol. The molecule has 0 spiro atoms. The minimum Gasteiger partial charge on any atom is -0.390 e. The summed E-state index contributed by atoms with van der Waals surface area (Å²) in [4.78, 5) is 0. The van der Waals surface area contributed by atoms with E-state index in [-0.39, 0.29) is 12.2 Å². The predicted molar refractivity (Wildman–Crippen MR) is 95.3 cm³/mol.